The Morgan fingerprint density at radius 1 is 1.32 bits per heavy atom. The van der Waals surface area contributed by atoms with E-state index in [2.05, 4.69) is 16.0 Å². The predicted octanol–water partition coefficient (Wildman–Crippen LogP) is 0.753. The molecule has 0 radical (unpaired) electrons. The zero-order valence-corrected chi connectivity index (χ0v) is 13.9. The van der Waals surface area contributed by atoms with Crippen LogP contribution in [0.25, 0.3) is 0 Å². The first-order chi connectivity index (χ1) is 10.5. The van der Waals surface area contributed by atoms with Crippen LogP contribution in [0.5, 0.6) is 0 Å². The van der Waals surface area contributed by atoms with Crippen LogP contribution in [0.3, 0.4) is 0 Å². The second-order valence-electron chi connectivity index (χ2n) is 6.27. The number of rotatable bonds is 9. The largest absolute Gasteiger partial charge is 0.345 e. The highest BCUT2D eigenvalue weighted by molar-refractivity contribution is 5.90. The summed E-state index contributed by atoms with van der Waals surface area (Å²) in [6, 6.07) is -1.29. The molecule has 0 aromatic carbocycles. The third-order valence-corrected chi connectivity index (χ3v) is 4.03. The Bertz CT molecular complexity index is 379. The maximum Gasteiger partial charge on any atom is 0.243 e. The molecule has 0 aliphatic carbocycles. The molecule has 1 rings (SSSR count). The Balaban J connectivity index is 2.63. The molecule has 0 saturated carbocycles. The topological polar surface area (TPSA) is 87.3 Å². The second-order valence-corrected chi connectivity index (χ2v) is 6.27. The van der Waals surface area contributed by atoms with Gasteiger partial charge in [-0.3, -0.25) is 9.59 Å². The van der Waals surface area contributed by atoms with Crippen molar-refractivity contribution in [3.63, 3.8) is 0 Å². The van der Waals surface area contributed by atoms with E-state index in [-0.39, 0.29) is 23.8 Å². The standard InChI is InChI=1S/C16H29N3O3/c1-4-5-7-13(16(22)19-14(10-20)11(2)3)18-15(21)12-8-6-9-17-12/h10-14,17H,4-9H2,1-3H3,(H,18,21)(H,19,22). The Morgan fingerprint density at radius 3 is 2.55 bits per heavy atom. The zero-order chi connectivity index (χ0) is 16.5. The van der Waals surface area contributed by atoms with Crippen LogP contribution in [0.15, 0.2) is 0 Å². The van der Waals surface area contributed by atoms with Crippen molar-refractivity contribution < 1.29 is 14.4 Å². The lowest BCUT2D eigenvalue weighted by molar-refractivity contribution is -0.131. The summed E-state index contributed by atoms with van der Waals surface area (Å²) in [6.07, 6.45) is 4.91. The van der Waals surface area contributed by atoms with Crippen molar-refractivity contribution >= 4 is 18.1 Å². The molecule has 6 heteroatoms. The lowest BCUT2D eigenvalue weighted by Crippen LogP contribution is -2.54. The van der Waals surface area contributed by atoms with Gasteiger partial charge in [0.1, 0.15) is 12.3 Å². The Hall–Kier alpha value is -1.43. The number of unbranched alkanes of at least 4 members (excludes halogenated alkanes) is 1. The first-order valence-corrected chi connectivity index (χ1v) is 8.29. The summed E-state index contributed by atoms with van der Waals surface area (Å²) in [5.41, 5.74) is 0. The highest BCUT2D eigenvalue weighted by Gasteiger charge is 2.28. The van der Waals surface area contributed by atoms with Crippen molar-refractivity contribution in [1.29, 1.82) is 0 Å². The minimum atomic E-state index is -0.573. The summed E-state index contributed by atoms with van der Waals surface area (Å²) in [5, 5.41) is 8.69. The van der Waals surface area contributed by atoms with Crippen molar-refractivity contribution in [2.75, 3.05) is 6.54 Å². The number of aldehydes is 1. The molecule has 1 aliphatic rings. The molecule has 3 atom stereocenters. The molecule has 126 valence electrons. The van der Waals surface area contributed by atoms with Crippen molar-refractivity contribution in [2.24, 2.45) is 5.92 Å². The second kappa shape index (κ2) is 9.56. The number of carbonyl (C=O) groups excluding carboxylic acids is 3. The number of hydrogen-bond donors (Lipinski definition) is 3. The van der Waals surface area contributed by atoms with E-state index in [4.69, 9.17) is 0 Å². The van der Waals surface area contributed by atoms with Crippen LogP contribution in [-0.2, 0) is 14.4 Å². The highest BCUT2D eigenvalue weighted by Crippen LogP contribution is 2.08. The third kappa shape index (κ3) is 5.75. The molecule has 0 bridgehead atoms. The van der Waals surface area contributed by atoms with Gasteiger partial charge >= 0.3 is 0 Å². The van der Waals surface area contributed by atoms with Crippen LogP contribution in [0.2, 0.25) is 0 Å². The summed E-state index contributed by atoms with van der Waals surface area (Å²) >= 11 is 0. The molecule has 1 aliphatic heterocycles. The van der Waals surface area contributed by atoms with Gasteiger partial charge in [-0.1, -0.05) is 33.6 Å². The van der Waals surface area contributed by atoms with Gasteiger partial charge in [0.15, 0.2) is 0 Å². The van der Waals surface area contributed by atoms with Gasteiger partial charge in [-0.25, -0.2) is 0 Å². The predicted molar refractivity (Wildman–Crippen MR) is 85.3 cm³/mol. The SMILES string of the molecule is CCCCC(NC(=O)C1CCCN1)C(=O)NC(C=O)C(C)C. The molecule has 3 N–H and O–H groups in total. The van der Waals surface area contributed by atoms with Gasteiger partial charge in [0.25, 0.3) is 0 Å². The van der Waals surface area contributed by atoms with E-state index in [0.29, 0.717) is 6.42 Å². The van der Waals surface area contributed by atoms with Crippen LogP contribution in [-0.4, -0.2) is 42.8 Å². The minimum Gasteiger partial charge on any atom is -0.345 e. The maximum absolute atomic E-state index is 12.4. The van der Waals surface area contributed by atoms with E-state index in [9.17, 15) is 14.4 Å². The molecule has 3 unspecified atom stereocenters. The number of carbonyl (C=O) groups is 3. The Labute approximate surface area is 132 Å². The molecule has 0 spiro atoms. The van der Waals surface area contributed by atoms with E-state index in [1.807, 2.05) is 20.8 Å². The number of amides is 2. The van der Waals surface area contributed by atoms with Gasteiger partial charge in [0, 0.05) is 0 Å². The van der Waals surface area contributed by atoms with Crippen LogP contribution >= 0.6 is 0 Å². The van der Waals surface area contributed by atoms with Gasteiger partial charge in [0.2, 0.25) is 11.8 Å². The van der Waals surface area contributed by atoms with Crippen molar-refractivity contribution in [1.82, 2.24) is 16.0 Å². The molecule has 22 heavy (non-hydrogen) atoms. The first kappa shape index (κ1) is 18.6. The monoisotopic (exact) mass is 311 g/mol. The van der Waals surface area contributed by atoms with Crippen molar-refractivity contribution in [3.8, 4) is 0 Å². The lowest BCUT2D eigenvalue weighted by Gasteiger charge is -2.23. The third-order valence-electron chi connectivity index (χ3n) is 4.03. The van der Waals surface area contributed by atoms with Crippen molar-refractivity contribution in [3.05, 3.63) is 0 Å². The molecular weight excluding hydrogens is 282 g/mol. The van der Waals surface area contributed by atoms with E-state index in [1.165, 1.54) is 0 Å². The fourth-order valence-corrected chi connectivity index (χ4v) is 2.48. The van der Waals surface area contributed by atoms with E-state index in [1.54, 1.807) is 0 Å². The minimum absolute atomic E-state index is 0.0282. The normalized spacial score (nSPS) is 20.5. The Kier molecular flexibility index (Phi) is 8.09. The summed E-state index contributed by atoms with van der Waals surface area (Å²) in [5.74, 6) is -0.368. The van der Waals surface area contributed by atoms with Crippen LogP contribution in [0.1, 0.15) is 52.9 Å². The summed E-state index contributed by atoms with van der Waals surface area (Å²) in [4.78, 5) is 35.6. The van der Waals surface area contributed by atoms with Gasteiger partial charge in [0.05, 0.1) is 12.1 Å². The fraction of sp³-hybridized carbons (Fsp3) is 0.812. The molecule has 1 fully saturated rings. The lowest BCUT2D eigenvalue weighted by atomic mass is 10.0. The maximum atomic E-state index is 12.4. The molecule has 2 amide bonds. The van der Waals surface area contributed by atoms with Crippen LogP contribution in [0, 0.1) is 5.92 Å². The van der Waals surface area contributed by atoms with E-state index < -0.39 is 12.1 Å². The van der Waals surface area contributed by atoms with E-state index in [0.717, 1.165) is 38.5 Å². The van der Waals surface area contributed by atoms with Gasteiger partial charge in [-0.15, -0.1) is 0 Å². The highest BCUT2D eigenvalue weighted by atomic mass is 16.2. The van der Waals surface area contributed by atoms with Gasteiger partial charge < -0.3 is 20.7 Å². The molecule has 0 aromatic rings. The van der Waals surface area contributed by atoms with Crippen LogP contribution < -0.4 is 16.0 Å². The van der Waals surface area contributed by atoms with Crippen molar-refractivity contribution in [2.45, 2.75) is 71.0 Å². The molecule has 0 aromatic heterocycles. The quantitative estimate of drug-likeness (QED) is 0.549. The summed E-state index contributed by atoms with van der Waals surface area (Å²) in [7, 11) is 0. The smallest absolute Gasteiger partial charge is 0.243 e. The summed E-state index contributed by atoms with van der Waals surface area (Å²) < 4.78 is 0. The fourth-order valence-electron chi connectivity index (χ4n) is 2.48. The number of hydrogen-bond acceptors (Lipinski definition) is 4. The van der Waals surface area contributed by atoms with Crippen LogP contribution in [0.4, 0.5) is 0 Å². The summed E-state index contributed by atoms with van der Waals surface area (Å²) in [6.45, 7) is 6.63. The Morgan fingerprint density at radius 2 is 2.05 bits per heavy atom. The zero-order valence-electron chi connectivity index (χ0n) is 13.9. The number of nitrogens with one attached hydrogen (secondary N) is 3. The molecule has 6 nitrogen and oxygen atoms in total. The van der Waals surface area contributed by atoms with Gasteiger partial charge in [-0.05, 0) is 31.7 Å². The molecule has 1 saturated heterocycles. The average molecular weight is 311 g/mol. The molecule has 1 heterocycles. The average Bonchev–Trinajstić information content (AvgIpc) is 3.02. The molecular formula is C16H29N3O3. The first-order valence-electron chi connectivity index (χ1n) is 8.29. The van der Waals surface area contributed by atoms with E-state index >= 15 is 0 Å². The van der Waals surface area contributed by atoms with Gasteiger partial charge in [-0.2, -0.15) is 0 Å².